The largest absolute Gasteiger partial charge is 0.483 e. The normalized spacial score (nSPS) is 11.2. The minimum atomic E-state index is -0.0970. The number of halogens is 1. The number of carbonyl (C=O) groups excluding carboxylic acids is 1. The zero-order valence-electron chi connectivity index (χ0n) is 11.3. The Labute approximate surface area is 117 Å². The first-order valence-electron chi connectivity index (χ1n) is 6.04. The van der Waals surface area contributed by atoms with E-state index in [-0.39, 0.29) is 17.9 Å². The molecule has 1 aromatic carbocycles. The van der Waals surface area contributed by atoms with Crippen LogP contribution in [0.4, 0.5) is 0 Å². The number of benzene rings is 1. The van der Waals surface area contributed by atoms with Gasteiger partial charge in [0.05, 0.1) is 0 Å². The van der Waals surface area contributed by atoms with Crippen molar-refractivity contribution in [3.05, 3.63) is 28.2 Å². The predicted molar refractivity (Wildman–Crippen MR) is 77.0 cm³/mol. The number of nitrogens with one attached hydrogen (secondary N) is 1. The fraction of sp³-hybridized carbons (Fsp3) is 0.500. The lowest BCUT2D eigenvalue weighted by atomic mass is 9.86. The van der Waals surface area contributed by atoms with Crippen molar-refractivity contribution in [3.63, 3.8) is 0 Å². The molecule has 1 rings (SSSR count). The second-order valence-corrected chi connectivity index (χ2v) is 6.05. The smallest absolute Gasteiger partial charge is 0.257 e. The van der Waals surface area contributed by atoms with Crippen molar-refractivity contribution < 1.29 is 9.53 Å². The van der Waals surface area contributed by atoms with Crippen molar-refractivity contribution in [2.45, 2.75) is 33.1 Å². The number of likely N-dealkylation sites (N-methyl/N-ethyl adjacent to an activating group) is 1. The Morgan fingerprint density at radius 2 is 2.06 bits per heavy atom. The van der Waals surface area contributed by atoms with Gasteiger partial charge in [0.1, 0.15) is 5.75 Å². The van der Waals surface area contributed by atoms with Crippen LogP contribution < -0.4 is 10.1 Å². The minimum Gasteiger partial charge on any atom is -0.483 e. The van der Waals surface area contributed by atoms with Gasteiger partial charge in [0.15, 0.2) is 6.61 Å². The predicted octanol–water partition coefficient (Wildman–Crippen LogP) is 3.26. The van der Waals surface area contributed by atoms with Crippen LogP contribution in [0, 0.1) is 0 Å². The summed E-state index contributed by atoms with van der Waals surface area (Å²) in [7, 11) is 0. The Morgan fingerprint density at radius 3 is 2.61 bits per heavy atom. The van der Waals surface area contributed by atoms with Crippen LogP contribution in [-0.2, 0) is 10.2 Å². The topological polar surface area (TPSA) is 38.3 Å². The lowest BCUT2D eigenvalue weighted by Crippen LogP contribution is -2.29. The van der Waals surface area contributed by atoms with Crippen molar-refractivity contribution in [1.82, 2.24) is 5.32 Å². The molecule has 0 bridgehead atoms. The molecule has 0 spiro atoms. The SMILES string of the molecule is CCNC(=O)COc1ccc(Br)cc1C(C)(C)C. The molecule has 0 heterocycles. The fourth-order valence-corrected chi connectivity index (χ4v) is 1.97. The molecule has 0 fully saturated rings. The molecule has 0 aliphatic heterocycles. The third kappa shape index (κ3) is 4.33. The standard InChI is InChI=1S/C14H20BrNO2/c1-5-16-13(17)9-18-12-7-6-10(15)8-11(12)14(2,3)4/h6-8H,5,9H2,1-4H3,(H,16,17). The summed E-state index contributed by atoms with van der Waals surface area (Å²) < 4.78 is 6.61. The molecule has 0 aliphatic rings. The number of ether oxygens (including phenoxy) is 1. The average molecular weight is 314 g/mol. The molecule has 0 saturated heterocycles. The summed E-state index contributed by atoms with van der Waals surface area (Å²) in [5.74, 6) is 0.664. The zero-order chi connectivity index (χ0) is 13.8. The molecule has 0 saturated carbocycles. The monoisotopic (exact) mass is 313 g/mol. The molecule has 1 N–H and O–H groups in total. The van der Waals surface area contributed by atoms with E-state index in [1.807, 2.05) is 25.1 Å². The maximum atomic E-state index is 11.4. The van der Waals surface area contributed by atoms with Gasteiger partial charge in [-0.25, -0.2) is 0 Å². The summed E-state index contributed by atoms with van der Waals surface area (Å²) >= 11 is 3.46. The van der Waals surface area contributed by atoms with Crippen molar-refractivity contribution in [2.24, 2.45) is 0 Å². The number of carbonyl (C=O) groups is 1. The Kier molecular flexibility index (Phi) is 5.20. The van der Waals surface area contributed by atoms with Crippen LogP contribution in [-0.4, -0.2) is 19.1 Å². The van der Waals surface area contributed by atoms with Crippen LogP contribution in [0.3, 0.4) is 0 Å². The van der Waals surface area contributed by atoms with Crippen molar-refractivity contribution in [1.29, 1.82) is 0 Å². The highest BCUT2D eigenvalue weighted by Gasteiger charge is 2.19. The molecule has 3 nitrogen and oxygen atoms in total. The highest BCUT2D eigenvalue weighted by atomic mass is 79.9. The van der Waals surface area contributed by atoms with Gasteiger partial charge >= 0.3 is 0 Å². The van der Waals surface area contributed by atoms with Gasteiger partial charge in [-0.05, 0) is 30.5 Å². The molecule has 1 amide bonds. The van der Waals surface area contributed by atoms with E-state index in [1.165, 1.54) is 0 Å². The lowest BCUT2D eigenvalue weighted by Gasteiger charge is -2.23. The van der Waals surface area contributed by atoms with E-state index in [2.05, 4.69) is 42.0 Å². The number of hydrogen-bond acceptors (Lipinski definition) is 2. The van der Waals surface area contributed by atoms with Crippen LogP contribution in [0.2, 0.25) is 0 Å². The van der Waals surface area contributed by atoms with Crippen LogP contribution in [0.5, 0.6) is 5.75 Å². The molecule has 0 atom stereocenters. The summed E-state index contributed by atoms with van der Waals surface area (Å²) in [4.78, 5) is 11.4. The van der Waals surface area contributed by atoms with Gasteiger partial charge in [-0.15, -0.1) is 0 Å². The summed E-state index contributed by atoms with van der Waals surface area (Å²) in [6.07, 6.45) is 0. The van der Waals surface area contributed by atoms with Crippen molar-refractivity contribution in [3.8, 4) is 5.75 Å². The van der Waals surface area contributed by atoms with Gasteiger partial charge < -0.3 is 10.1 Å². The second-order valence-electron chi connectivity index (χ2n) is 5.13. The molecule has 100 valence electrons. The molecule has 0 aliphatic carbocycles. The van der Waals surface area contributed by atoms with Crippen LogP contribution in [0.15, 0.2) is 22.7 Å². The van der Waals surface area contributed by atoms with Gasteiger partial charge in [-0.1, -0.05) is 36.7 Å². The average Bonchev–Trinajstić information content (AvgIpc) is 2.26. The highest BCUT2D eigenvalue weighted by Crippen LogP contribution is 2.33. The first kappa shape index (κ1) is 15.0. The molecule has 4 heteroatoms. The van der Waals surface area contributed by atoms with E-state index >= 15 is 0 Å². The van der Waals surface area contributed by atoms with Crippen LogP contribution in [0.25, 0.3) is 0 Å². The molecule has 1 aromatic rings. The van der Waals surface area contributed by atoms with Gasteiger partial charge in [0, 0.05) is 16.6 Å². The Balaban J connectivity index is 2.85. The van der Waals surface area contributed by atoms with E-state index in [1.54, 1.807) is 0 Å². The van der Waals surface area contributed by atoms with Crippen molar-refractivity contribution >= 4 is 21.8 Å². The summed E-state index contributed by atoms with van der Waals surface area (Å²) in [5.41, 5.74) is 1.06. The molecular weight excluding hydrogens is 294 g/mol. The Morgan fingerprint density at radius 1 is 1.39 bits per heavy atom. The lowest BCUT2D eigenvalue weighted by molar-refractivity contribution is -0.123. The van der Waals surface area contributed by atoms with Gasteiger partial charge in [0.2, 0.25) is 0 Å². The third-order valence-corrected chi connectivity index (χ3v) is 2.98. The number of hydrogen-bond donors (Lipinski definition) is 1. The summed E-state index contributed by atoms with van der Waals surface area (Å²) in [5, 5.41) is 2.71. The van der Waals surface area contributed by atoms with Crippen LogP contribution >= 0.6 is 15.9 Å². The van der Waals surface area contributed by atoms with Crippen LogP contribution in [0.1, 0.15) is 33.3 Å². The molecule has 18 heavy (non-hydrogen) atoms. The maximum Gasteiger partial charge on any atom is 0.257 e. The van der Waals surface area contributed by atoms with E-state index in [0.29, 0.717) is 6.54 Å². The van der Waals surface area contributed by atoms with E-state index < -0.39 is 0 Å². The number of amides is 1. The Hall–Kier alpha value is -1.03. The summed E-state index contributed by atoms with van der Waals surface area (Å²) in [6, 6.07) is 5.85. The quantitative estimate of drug-likeness (QED) is 0.926. The highest BCUT2D eigenvalue weighted by molar-refractivity contribution is 9.10. The zero-order valence-corrected chi connectivity index (χ0v) is 12.9. The van der Waals surface area contributed by atoms with E-state index in [9.17, 15) is 4.79 Å². The van der Waals surface area contributed by atoms with Gasteiger partial charge in [-0.2, -0.15) is 0 Å². The maximum absolute atomic E-state index is 11.4. The van der Waals surface area contributed by atoms with E-state index in [0.717, 1.165) is 15.8 Å². The molecule has 0 radical (unpaired) electrons. The fourth-order valence-electron chi connectivity index (χ4n) is 1.61. The first-order chi connectivity index (χ1) is 8.34. The Bertz CT molecular complexity index is 424. The summed E-state index contributed by atoms with van der Waals surface area (Å²) in [6.45, 7) is 8.92. The molecule has 0 unspecified atom stereocenters. The van der Waals surface area contributed by atoms with Crippen molar-refractivity contribution in [2.75, 3.05) is 13.2 Å². The third-order valence-electron chi connectivity index (χ3n) is 2.48. The van der Waals surface area contributed by atoms with Gasteiger partial charge in [-0.3, -0.25) is 4.79 Å². The van der Waals surface area contributed by atoms with E-state index in [4.69, 9.17) is 4.74 Å². The second kappa shape index (κ2) is 6.23. The molecular formula is C14H20BrNO2. The molecule has 0 aromatic heterocycles. The first-order valence-corrected chi connectivity index (χ1v) is 6.83. The number of rotatable bonds is 4. The minimum absolute atomic E-state index is 0.0274. The van der Waals surface area contributed by atoms with Gasteiger partial charge in [0.25, 0.3) is 5.91 Å².